The van der Waals surface area contributed by atoms with E-state index < -0.39 is 11.1 Å². The number of nitrogens with zero attached hydrogens (tertiary/aromatic N) is 2. The Morgan fingerprint density at radius 1 is 1.00 bits per heavy atom. The van der Waals surface area contributed by atoms with Crippen LogP contribution in [0.25, 0.3) is 5.69 Å². The molecule has 0 aliphatic rings. The van der Waals surface area contributed by atoms with Crippen molar-refractivity contribution >= 4 is 11.6 Å². The molecule has 1 aromatic heterocycles. The van der Waals surface area contributed by atoms with Crippen molar-refractivity contribution in [3.63, 3.8) is 0 Å². The van der Waals surface area contributed by atoms with Gasteiger partial charge in [-0.05, 0) is 55.3 Å². The van der Waals surface area contributed by atoms with Gasteiger partial charge in [-0.1, -0.05) is 12.1 Å². The first-order chi connectivity index (χ1) is 13.4. The fraction of sp³-hybridized carbons (Fsp3) is 0.190. The summed E-state index contributed by atoms with van der Waals surface area (Å²) in [5, 5.41) is 2.78. The molecule has 1 N–H and O–H groups in total. The van der Waals surface area contributed by atoms with E-state index in [0.717, 1.165) is 15.7 Å². The predicted octanol–water partition coefficient (Wildman–Crippen LogP) is 2.26. The molecule has 3 rings (SSSR count). The van der Waals surface area contributed by atoms with Crippen LogP contribution in [0, 0.1) is 13.8 Å². The van der Waals surface area contributed by atoms with E-state index in [4.69, 9.17) is 4.74 Å². The third-order valence-electron chi connectivity index (χ3n) is 4.39. The summed E-state index contributed by atoms with van der Waals surface area (Å²) < 4.78 is 7.43. The van der Waals surface area contributed by atoms with Gasteiger partial charge >= 0.3 is 11.1 Å². The van der Waals surface area contributed by atoms with Gasteiger partial charge in [0.2, 0.25) is 5.91 Å². The number of ether oxygens (including phenoxy) is 1. The van der Waals surface area contributed by atoms with Crippen LogP contribution in [0.15, 0.2) is 64.4 Å². The summed E-state index contributed by atoms with van der Waals surface area (Å²) in [4.78, 5) is 37.2. The minimum atomic E-state index is -0.769. The fourth-order valence-corrected chi connectivity index (χ4v) is 2.79. The number of carbonyl (C=O) groups is 1. The van der Waals surface area contributed by atoms with E-state index in [9.17, 15) is 14.4 Å². The summed E-state index contributed by atoms with van der Waals surface area (Å²) in [6, 6.07) is 12.5. The van der Waals surface area contributed by atoms with Gasteiger partial charge in [0.15, 0.2) is 0 Å². The average molecular weight is 379 g/mol. The van der Waals surface area contributed by atoms with Crippen LogP contribution in [0.1, 0.15) is 11.1 Å². The lowest BCUT2D eigenvalue weighted by Gasteiger charge is -2.11. The van der Waals surface area contributed by atoms with Gasteiger partial charge in [0.25, 0.3) is 0 Å². The Hall–Kier alpha value is -3.61. The smallest absolute Gasteiger partial charge is 0.320 e. The molecule has 0 aliphatic carbocycles. The second-order valence-corrected chi connectivity index (χ2v) is 6.47. The Labute approximate surface area is 161 Å². The third-order valence-corrected chi connectivity index (χ3v) is 4.39. The molecule has 0 saturated carbocycles. The Balaban J connectivity index is 1.82. The second-order valence-electron chi connectivity index (χ2n) is 6.47. The monoisotopic (exact) mass is 379 g/mol. The van der Waals surface area contributed by atoms with Crippen molar-refractivity contribution in [1.29, 1.82) is 0 Å². The van der Waals surface area contributed by atoms with Gasteiger partial charge in [-0.25, -0.2) is 0 Å². The van der Waals surface area contributed by atoms with E-state index in [-0.39, 0.29) is 12.5 Å². The number of benzene rings is 2. The Bertz CT molecular complexity index is 1130. The minimum Gasteiger partial charge on any atom is -0.497 e. The number of methoxy groups -OCH3 is 1. The molecule has 28 heavy (non-hydrogen) atoms. The summed E-state index contributed by atoms with van der Waals surface area (Å²) in [6.07, 6.45) is 2.90. The molecular formula is C21H21N3O4. The van der Waals surface area contributed by atoms with Gasteiger partial charge in [0.1, 0.15) is 12.3 Å². The molecule has 3 aromatic rings. The number of hydrogen-bond acceptors (Lipinski definition) is 4. The lowest BCUT2D eigenvalue weighted by molar-refractivity contribution is -0.116. The fourth-order valence-electron chi connectivity index (χ4n) is 2.79. The molecule has 7 nitrogen and oxygen atoms in total. The zero-order valence-electron chi connectivity index (χ0n) is 15.9. The van der Waals surface area contributed by atoms with Crippen LogP contribution in [-0.2, 0) is 11.3 Å². The van der Waals surface area contributed by atoms with E-state index in [2.05, 4.69) is 5.32 Å². The molecule has 0 bridgehead atoms. The summed E-state index contributed by atoms with van der Waals surface area (Å²) >= 11 is 0. The largest absolute Gasteiger partial charge is 0.497 e. The van der Waals surface area contributed by atoms with Gasteiger partial charge < -0.3 is 10.1 Å². The molecule has 2 aromatic carbocycles. The van der Waals surface area contributed by atoms with Crippen molar-refractivity contribution in [3.05, 3.63) is 86.7 Å². The van der Waals surface area contributed by atoms with Crippen LogP contribution >= 0.6 is 0 Å². The normalized spacial score (nSPS) is 10.5. The van der Waals surface area contributed by atoms with E-state index >= 15 is 0 Å². The van der Waals surface area contributed by atoms with E-state index in [1.54, 1.807) is 31.4 Å². The first kappa shape index (κ1) is 19.2. The first-order valence-electron chi connectivity index (χ1n) is 8.72. The highest BCUT2D eigenvalue weighted by atomic mass is 16.5. The van der Waals surface area contributed by atoms with Crippen LogP contribution in [0.3, 0.4) is 0 Å². The van der Waals surface area contributed by atoms with Gasteiger partial charge in [-0.2, -0.15) is 0 Å². The zero-order valence-corrected chi connectivity index (χ0v) is 15.9. The van der Waals surface area contributed by atoms with Crippen LogP contribution in [0.4, 0.5) is 5.69 Å². The topological polar surface area (TPSA) is 82.3 Å². The second kappa shape index (κ2) is 7.96. The molecule has 0 fully saturated rings. The molecule has 1 heterocycles. The van der Waals surface area contributed by atoms with E-state index in [1.165, 1.54) is 17.0 Å². The Morgan fingerprint density at radius 2 is 1.71 bits per heavy atom. The highest BCUT2D eigenvalue weighted by Gasteiger charge is 2.11. The molecule has 0 spiro atoms. The maximum Gasteiger partial charge on any atom is 0.320 e. The van der Waals surface area contributed by atoms with Crippen molar-refractivity contribution in [2.45, 2.75) is 20.4 Å². The number of amides is 1. The van der Waals surface area contributed by atoms with Gasteiger partial charge in [0, 0.05) is 23.8 Å². The van der Waals surface area contributed by atoms with Crippen molar-refractivity contribution in [2.75, 3.05) is 12.4 Å². The standard InChI is InChI=1S/C21H21N3O4/c1-14-4-5-15(2)18(12-14)22-19(25)13-23-10-11-24(21(27)20(23)26)16-6-8-17(28-3)9-7-16/h4-12H,13H2,1-3H3,(H,22,25). The van der Waals surface area contributed by atoms with E-state index in [1.807, 2.05) is 32.0 Å². The molecule has 0 atom stereocenters. The highest BCUT2D eigenvalue weighted by molar-refractivity contribution is 5.91. The summed E-state index contributed by atoms with van der Waals surface area (Å²) in [5.74, 6) is 0.269. The SMILES string of the molecule is COc1ccc(-n2ccn(CC(=O)Nc3cc(C)ccc3C)c(=O)c2=O)cc1. The predicted molar refractivity (Wildman–Crippen MR) is 107 cm³/mol. The van der Waals surface area contributed by atoms with Gasteiger partial charge in [0.05, 0.1) is 7.11 Å². The lowest BCUT2D eigenvalue weighted by Crippen LogP contribution is -2.41. The van der Waals surface area contributed by atoms with Gasteiger partial charge in [-0.15, -0.1) is 0 Å². The maximum absolute atomic E-state index is 12.4. The number of nitrogens with one attached hydrogen (secondary N) is 1. The zero-order chi connectivity index (χ0) is 20.3. The summed E-state index contributed by atoms with van der Waals surface area (Å²) in [7, 11) is 1.55. The van der Waals surface area contributed by atoms with Crippen molar-refractivity contribution in [1.82, 2.24) is 9.13 Å². The molecule has 7 heteroatoms. The first-order valence-corrected chi connectivity index (χ1v) is 8.72. The molecule has 0 unspecified atom stereocenters. The average Bonchev–Trinajstić information content (AvgIpc) is 2.69. The number of rotatable bonds is 5. The molecule has 0 saturated heterocycles. The number of hydrogen-bond donors (Lipinski definition) is 1. The van der Waals surface area contributed by atoms with Gasteiger partial charge in [-0.3, -0.25) is 23.5 Å². The van der Waals surface area contributed by atoms with Crippen molar-refractivity contribution < 1.29 is 9.53 Å². The van der Waals surface area contributed by atoms with Crippen LogP contribution in [0.5, 0.6) is 5.75 Å². The molecular weight excluding hydrogens is 358 g/mol. The number of carbonyl (C=O) groups excluding carboxylic acids is 1. The Kier molecular flexibility index (Phi) is 5.44. The third kappa shape index (κ3) is 4.03. The maximum atomic E-state index is 12.4. The quantitative estimate of drug-likeness (QED) is 0.690. The minimum absolute atomic E-state index is 0.245. The summed E-state index contributed by atoms with van der Waals surface area (Å²) in [5.41, 5.74) is 1.66. The Morgan fingerprint density at radius 3 is 2.39 bits per heavy atom. The van der Waals surface area contributed by atoms with Crippen LogP contribution in [-0.4, -0.2) is 22.2 Å². The molecule has 144 valence electrons. The van der Waals surface area contributed by atoms with Crippen LogP contribution < -0.4 is 21.2 Å². The number of anilines is 1. The van der Waals surface area contributed by atoms with Crippen LogP contribution in [0.2, 0.25) is 0 Å². The van der Waals surface area contributed by atoms with Crippen molar-refractivity contribution in [2.24, 2.45) is 0 Å². The molecule has 0 aliphatic heterocycles. The van der Waals surface area contributed by atoms with Crippen molar-refractivity contribution in [3.8, 4) is 11.4 Å². The highest BCUT2D eigenvalue weighted by Crippen LogP contribution is 2.16. The number of aryl methyl sites for hydroxylation is 2. The lowest BCUT2D eigenvalue weighted by atomic mass is 10.1. The summed E-state index contributed by atoms with van der Waals surface area (Å²) in [6.45, 7) is 3.57. The van der Waals surface area contributed by atoms with E-state index in [0.29, 0.717) is 17.1 Å². The number of aromatic nitrogens is 2. The molecule has 1 amide bonds. The molecule has 0 radical (unpaired) electrons.